The standard InChI is InChI=1S/C24H24N2O4S2/c1-29-16-8-10-20(30-2)14(11-16)13-31-24-25-19-9-7-15(12-21(19)32-24)26-22(27)17-5-3-4-6-18(17)23(26)28/h7-12,17-18H,3-6,13H2,1-2H3/t17-,18-/m1/s1. The van der Waals surface area contributed by atoms with E-state index in [0.717, 1.165) is 57.3 Å². The molecule has 1 saturated heterocycles. The van der Waals surface area contributed by atoms with Crippen LogP contribution in [0.5, 0.6) is 11.5 Å². The van der Waals surface area contributed by atoms with Gasteiger partial charge in [-0.2, -0.15) is 0 Å². The van der Waals surface area contributed by atoms with E-state index < -0.39 is 0 Å². The highest BCUT2D eigenvalue weighted by Crippen LogP contribution is 2.41. The molecule has 1 aromatic heterocycles. The van der Waals surface area contributed by atoms with E-state index in [1.807, 2.05) is 36.4 Å². The van der Waals surface area contributed by atoms with Crippen molar-refractivity contribution in [1.82, 2.24) is 4.98 Å². The third kappa shape index (κ3) is 3.75. The zero-order valence-corrected chi connectivity index (χ0v) is 19.6. The number of fused-ring (bicyclic) bond motifs is 2. The number of ether oxygens (including phenoxy) is 2. The largest absolute Gasteiger partial charge is 0.497 e. The van der Waals surface area contributed by atoms with Gasteiger partial charge in [-0.1, -0.05) is 24.6 Å². The summed E-state index contributed by atoms with van der Waals surface area (Å²) in [4.78, 5) is 32.0. The second kappa shape index (κ2) is 8.75. The Morgan fingerprint density at radius 2 is 1.78 bits per heavy atom. The van der Waals surface area contributed by atoms with E-state index >= 15 is 0 Å². The number of thiazole rings is 1. The van der Waals surface area contributed by atoms with Crippen molar-refractivity contribution in [1.29, 1.82) is 0 Å². The number of carbonyl (C=O) groups excluding carboxylic acids is 2. The number of thioether (sulfide) groups is 1. The van der Waals surface area contributed by atoms with E-state index in [1.165, 1.54) is 4.90 Å². The molecule has 1 aliphatic carbocycles. The predicted octanol–water partition coefficient (Wildman–Crippen LogP) is 5.29. The molecule has 0 N–H and O–H groups in total. The van der Waals surface area contributed by atoms with Crippen molar-refractivity contribution in [2.75, 3.05) is 19.1 Å². The van der Waals surface area contributed by atoms with E-state index in [9.17, 15) is 9.59 Å². The molecule has 0 unspecified atom stereocenters. The first-order valence-corrected chi connectivity index (χ1v) is 12.5. The summed E-state index contributed by atoms with van der Waals surface area (Å²) >= 11 is 3.20. The minimum Gasteiger partial charge on any atom is -0.497 e. The molecule has 32 heavy (non-hydrogen) atoms. The van der Waals surface area contributed by atoms with Gasteiger partial charge in [0.15, 0.2) is 4.34 Å². The maximum absolute atomic E-state index is 12.9. The van der Waals surface area contributed by atoms with Crippen LogP contribution in [0.15, 0.2) is 40.7 Å². The number of hydrogen-bond donors (Lipinski definition) is 0. The van der Waals surface area contributed by atoms with Crippen molar-refractivity contribution in [2.24, 2.45) is 11.8 Å². The van der Waals surface area contributed by atoms with Gasteiger partial charge < -0.3 is 9.47 Å². The molecule has 0 spiro atoms. The van der Waals surface area contributed by atoms with Gasteiger partial charge in [-0.3, -0.25) is 14.5 Å². The quantitative estimate of drug-likeness (QED) is 0.362. The summed E-state index contributed by atoms with van der Waals surface area (Å²) in [5, 5.41) is 0. The molecule has 2 atom stereocenters. The van der Waals surface area contributed by atoms with Crippen LogP contribution in [0.1, 0.15) is 31.2 Å². The monoisotopic (exact) mass is 468 g/mol. The number of aromatic nitrogens is 1. The third-order valence-corrected chi connectivity index (χ3v) is 8.50. The molecule has 2 aliphatic rings. The first-order valence-electron chi connectivity index (χ1n) is 10.7. The Hall–Kier alpha value is -2.58. The van der Waals surface area contributed by atoms with Crippen molar-refractivity contribution in [3.63, 3.8) is 0 Å². The topological polar surface area (TPSA) is 68.7 Å². The molecule has 1 aliphatic heterocycles. The zero-order valence-electron chi connectivity index (χ0n) is 18.0. The minimum absolute atomic E-state index is 0.0386. The number of anilines is 1. The van der Waals surface area contributed by atoms with Crippen LogP contribution in [-0.4, -0.2) is 31.0 Å². The van der Waals surface area contributed by atoms with Crippen LogP contribution in [0.2, 0.25) is 0 Å². The van der Waals surface area contributed by atoms with E-state index in [4.69, 9.17) is 14.5 Å². The zero-order chi connectivity index (χ0) is 22.2. The minimum atomic E-state index is -0.141. The molecule has 3 aromatic rings. The van der Waals surface area contributed by atoms with Crippen LogP contribution in [0, 0.1) is 11.8 Å². The molecule has 6 nitrogen and oxygen atoms in total. The van der Waals surface area contributed by atoms with Crippen LogP contribution in [0.4, 0.5) is 5.69 Å². The van der Waals surface area contributed by atoms with Gasteiger partial charge in [0.25, 0.3) is 0 Å². The van der Waals surface area contributed by atoms with Crippen molar-refractivity contribution >= 4 is 50.8 Å². The smallest absolute Gasteiger partial charge is 0.237 e. The van der Waals surface area contributed by atoms with Crippen LogP contribution in [0.25, 0.3) is 10.2 Å². The lowest BCUT2D eigenvalue weighted by molar-refractivity contribution is -0.122. The van der Waals surface area contributed by atoms with Gasteiger partial charge in [0.05, 0.1) is 42.0 Å². The van der Waals surface area contributed by atoms with Crippen molar-refractivity contribution < 1.29 is 19.1 Å². The van der Waals surface area contributed by atoms with E-state index in [0.29, 0.717) is 11.4 Å². The summed E-state index contributed by atoms with van der Waals surface area (Å²) in [6.07, 6.45) is 3.70. The summed E-state index contributed by atoms with van der Waals surface area (Å²) < 4.78 is 12.7. The Morgan fingerprint density at radius 1 is 1.03 bits per heavy atom. The number of carbonyl (C=O) groups is 2. The summed E-state index contributed by atoms with van der Waals surface area (Å²) in [6.45, 7) is 0. The second-order valence-corrected chi connectivity index (χ2v) is 10.4. The fourth-order valence-corrected chi connectivity index (χ4v) is 6.72. The van der Waals surface area contributed by atoms with Crippen molar-refractivity contribution in [2.45, 2.75) is 35.8 Å². The summed E-state index contributed by atoms with van der Waals surface area (Å²) in [5.41, 5.74) is 2.57. The Morgan fingerprint density at radius 3 is 2.47 bits per heavy atom. The average molecular weight is 469 g/mol. The molecule has 0 bridgehead atoms. The summed E-state index contributed by atoms with van der Waals surface area (Å²) in [5.74, 6) is 1.94. The summed E-state index contributed by atoms with van der Waals surface area (Å²) in [7, 11) is 3.31. The number of rotatable bonds is 6. The lowest BCUT2D eigenvalue weighted by Gasteiger charge is -2.19. The molecule has 5 rings (SSSR count). The SMILES string of the molecule is COc1ccc(OC)c(CSc2nc3ccc(N4C(=O)[C@@H]5CCCC[C@H]5C4=O)cc3s2)c1. The second-order valence-electron chi connectivity index (χ2n) is 8.11. The van der Waals surface area contributed by atoms with E-state index in [1.54, 1.807) is 37.3 Å². The lowest BCUT2D eigenvalue weighted by Crippen LogP contribution is -2.30. The molecule has 0 radical (unpaired) electrons. The molecule has 166 valence electrons. The summed E-state index contributed by atoms with van der Waals surface area (Å²) in [6, 6.07) is 11.4. The Kier molecular flexibility index (Phi) is 5.82. The third-order valence-electron chi connectivity index (χ3n) is 6.29. The number of methoxy groups -OCH3 is 2. The Labute approximate surface area is 194 Å². The fraction of sp³-hybridized carbons (Fsp3) is 0.375. The van der Waals surface area contributed by atoms with Crippen LogP contribution >= 0.6 is 23.1 Å². The molecular formula is C24H24N2O4S2. The maximum Gasteiger partial charge on any atom is 0.237 e. The van der Waals surface area contributed by atoms with Crippen molar-refractivity contribution in [3.05, 3.63) is 42.0 Å². The van der Waals surface area contributed by atoms with Crippen molar-refractivity contribution in [3.8, 4) is 11.5 Å². The van der Waals surface area contributed by atoms with Crippen LogP contribution in [-0.2, 0) is 15.3 Å². The van der Waals surface area contributed by atoms with Gasteiger partial charge in [0.1, 0.15) is 11.5 Å². The molecule has 1 saturated carbocycles. The molecule has 2 heterocycles. The van der Waals surface area contributed by atoms with Gasteiger partial charge in [-0.25, -0.2) is 4.98 Å². The number of imide groups is 1. The maximum atomic E-state index is 12.9. The van der Waals surface area contributed by atoms with Gasteiger partial charge in [0, 0.05) is 11.3 Å². The highest BCUT2D eigenvalue weighted by atomic mass is 32.2. The van der Waals surface area contributed by atoms with Gasteiger partial charge in [0.2, 0.25) is 11.8 Å². The first kappa shape index (κ1) is 21.3. The molecule has 2 amide bonds. The number of amides is 2. The highest BCUT2D eigenvalue weighted by molar-refractivity contribution is 8.00. The number of nitrogens with zero attached hydrogens (tertiary/aromatic N) is 2. The van der Waals surface area contributed by atoms with Gasteiger partial charge >= 0.3 is 0 Å². The fourth-order valence-electron chi connectivity index (χ4n) is 4.64. The highest BCUT2D eigenvalue weighted by Gasteiger charge is 2.48. The van der Waals surface area contributed by atoms with E-state index in [-0.39, 0.29) is 23.7 Å². The predicted molar refractivity (Wildman–Crippen MR) is 127 cm³/mol. The number of hydrogen-bond acceptors (Lipinski definition) is 7. The molecular weight excluding hydrogens is 444 g/mol. The van der Waals surface area contributed by atoms with Crippen LogP contribution < -0.4 is 14.4 Å². The number of benzene rings is 2. The molecule has 2 fully saturated rings. The normalized spacial score (nSPS) is 20.6. The Bertz CT molecular complexity index is 1170. The van der Waals surface area contributed by atoms with E-state index in [2.05, 4.69) is 0 Å². The lowest BCUT2D eigenvalue weighted by atomic mass is 9.81. The molecule has 8 heteroatoms. The molecule has 2 aromatic carbocycles. The van der Waals surface area contributed by atoms with Gasteiger partial charge in [-0.05, 0) is 49.2 Å². The Balaban J connectivity index is 1.37. The average Bonchev–Trinajstić information content (AvgIpc) is 3.35. The van der Waals surface area contributed by atoms with Crippen LogP contribution in [0.3, 0.4) is 0 Å². The first-order chi connectivity index (χ1) is 15.6. The van der Waals surface area contributed by atoms with Gasteiger partial charge in [-0.15, -0.1) is 11.3 Å².